The average molecular weight is 697 g/mol. The van der Waals surface area contributed by atoms with Gasteiger partial charge in [0, 0.05) is 64.7 Å². The summed E-state index contributed by atoms with van der Waals surface area (Å²) >= 11 is 0. The van der Waals surface area contributed by atoms with Gasteiger partial charge in [-0.3, -0.25) is 9.97 Å². The number of fused-ring (bicyclic) bond motifs is 6. The molecule has 1 aliphatic carbocycles. The van der Waals surface area contributed by atoms with Crippen molar-refractivity contribution in [2.24, 2.45) is 0 Å². The van der Waals surface area contributed by atoms with E-state index in [-0.39, 0.29) is 0 Å². The lowest BCUT2D eigenvalue weighted by Crippen LogP contribution is -2.24. The van der Waals surface area contributed by atoms with E-state index in [9.17, 15) is 0 Å². The van der Waals surface area contributed by atoms with E-state index in [1.807, 2.05) is 12.4 Å². The van der Waals surface area contributed by atoms with Crippen LogP contribution < -0.4 is 9.80 Å². The Balaban J connectivity index is 1.26. The Morgan fingerprint density at radius 1 is 0.481 bits per heavy atom. The molecule has 0 N–H and O–H groups in total. The van der Waals surface area contributed by atoms with Crippen molar-refractivity contribution in [1.82, 2.24) is 9.97 Å². The predicted molar refractivity (Wildman–Crippen MR) is 226 cm³/mol. The van der Waals surface area contributed by atoms with Crippen molar-refractivity contribution < 1.29 is 0 Å². The third kappa shape index (κ3) is 4.97. The van der Waals surface area contributed by atoms with Crippen LogP contribution in [0.2, 0.25) is 0 Å². The Hall–Kier alpha value is -6.26. The van der Waals surface area contributed by atoms with Crippen LogP contribution in [0.3, 0.4) is 0 Å². The van der Waals surface area contributed by atoms with Crippen molar-refractivity contribution in [1.29, 1.82) is 0 Å². The summed E-state index contributed by atoms with van der Waals surface area (Å²) in [4.78, 5) is 15.5. The Kier molecular flexibility index (Phi) is 7.36. The molecule has 0 saturated heterocycles. The van der Waals surface area contributed by atoms with Crippen LogP contribution in [0.5, 0.6) is 0 Å². The van der Waals surface area contributed by atoms with E-state index in [0.29, 0.717) is 0 Å². The first-order valence-electron chi connectivity index (χ1n) is 19.5. The van der Waals surface area contributed by atoms with Crippen LogP contribution in [0, 0.1) is 0 Å². The van der Waals surface area contributed by atoms with Crippen molar-refractivity contribution in [2.45, 2.75) is 38.5 Å². The normalized spacial score (nSPS) is 15.0. The number of aromatic nitrogens is 2. The topological polar surface area (TPSA) is 32.3 Å². The lowest BCUT2D eigenvalue weighted by atomic mass is 9.84. The molecule has 0 atom stereocenters. The first-order chi connectivity index (χ1) is 26.8. The number of para-hydroxylation sites is 2. The molecule has 6 aromatic carbocycles. The van der Waals surface area contributed by atoms with Gasteiger partial charge in [0.1, 0.15) is 0 Å². The highest BCUT2D eigenvalue weighted by molar-refractivity contribution is 6.24. The van der Waals surface area contributed by atoms with Gasteiger partial charge >= 0.3 is 0 Å². The van der Waals surface area contributed by atoms with Gasteiger partial charge in [0.05, 0.1) is 11.4 Å². The molecule has 54 heavy (non-hydrogen) atoms. The molecule has 8 aromatic rings. The molecule has 0 saturated carbocycles. The number of hydrogen-bond donors (Lipinski definition) is 0. The molecule has 11 rings (SSSR count). The minimum atomic E-state index is 0.979. The van der Waals surface area contributed by atoms with Gasteiger partial charge < -0.3 is 9.80 Å². The molecule has 4 heterocycles. The van der Waals surface area contributed by atoms with Crippen LogP contribution in [-0.2, 0) is 19.3 Å². The number of allylic oxidation sites excluding steroid dienone is 1. The quantitative estimate of drug-likeness (QED) is 0.172. The van der Waals surface area contributed by atoms with Crippen LogP contribution in [0.15, 0.2) is 140 Å². The predicted octanol–water partition coefficient (Wildman–Crippen LogP) is 12.4. The van der Waals surface area contributed by atoms with Crippen molar-refractivity contribution in [3.63, 3.8) is 0 Å². The number of hydrogen-bond acceptors (Lipinski definition) is 4. The number of rotatable bonds is 4. The zero-order valence-corrected chi connectivity index (χ0v) is 30.3. The standard InChI is InChI=1S/C50H40N4/c1-5-17-39-33(11-1)25-27-51-49(39)47-41-23-21-38(54-30-10-16-36-14-4-8-20-46(36)54)32-44(41)48(50-40-18-6-2-12-34(40)26-28-52-50)42-24-22-37(31-43(42)47)53-29-9-15-35-13-3-7-19-45(35)53/h1-5,7-8,11-14,17,19-28,31-32H,6,9-10,15-16,18,29-30H2. The highest BCUT2D eigenvalue weighted by atomic mass is 15.1. The van der Waals surface area contributed by atoms with Gasteiger partial charge in [-0.25, -0.2) is 0 Å². The second-order valence-corrected chi connectivity index (χ2v) is 15.0. The fourth-order valence-corrected chi connectivity index (χ4v) is 9.55. The molecule has 0 bridgehead atoms. The van der Waals surface area contributed by atoms with Gasteiger partial charge in [0.2, 0.25) is 0 Å². The van der Waals surface area contributed by atoms with Gasteiger partial charge in [-0.1, -0.05) is 84.9 Å². The molecule has 2 aromatic heterocycles. The summed E-state index contributed by atoms with van der Waals surface area (Å²) in [6, 6.07) is 45.2. The summed E-state index contributed by atoms with van der Waals surface area (Å²) in [7, 11) is 0. The maximum Gasteiger partial charge on any atom is 0.0792 e. The van der Waals surface area contributed by atoms with Crippen molar-refractivity contribution in [3.8, 4) is 22.5 Å². The molecule has 2 aliphatic heterocycles. The zero-order chi connectivity index (χ0) is 35.6. The van der Waals surface area contributed by atoms with Crippen LogP contribution in [0.1, 0.15) is 41.5 Å². The highest BCUT2D eigenvalue weighted by Gasteiger charge is 2.26. The van der Waals surface area contributed by atoms with Crippen LogP contribution in [0.25, 0.3) is 60.9 Å². The van der Waals surface area contributed by atoms with Crippen LogP contribution in [0.4, 0.5) is 22.7 Å². The molecule has 4 nitrogen and oxygen atoms in total. The number of aryl methyl sites for hydroxylation is 2. The lowest BCUT2D eigenvalue weighted by molar-refractivity contribution is 0.767. The molecule has 260 valence electrons. The van der Waals surface area contributed by atoms with E-state index < -0.39 is 0 Å². The Bertz CT molecular complexity index is 2810. The molecule has 0 unspecified atom stereocenters. The monoisotopic (exact) mass is 696 g/mol. The molecular formula is C50H40N4. The molecule has 0 amide bonds. The first kappa shape index (κ1) is 31.3. The SMILES string of the molecule is C1=Cc2ccnc(-c3c4cc(N5CCCc6ccccc65)ccc4c(-c4nccc5ccccc45)c4cc(N5CCCc6ccccc65)ccc34)c2CC1. The Morgan fingerprint density at radius 3 is 1.78 bits per heavy atom. The lowest BCUT2D eigenvalue weighted by Gasteiger charge is -2.32. The second kappa shape index (κ2) is 12.7. The van der Waals surface area contributed by atoms with Gasteiger partial charge in [0.25, 0.3) is 0 Å². The summed E-state index contributed by atoms with van der Waals surface area (Å²) in [5.74, 6) is 0. The van der Waals surface area contributed by atoms with Gasteiger partial charge in [-0.05, 0) is 136 Å². The summed E-state index contributed by atoms with van der Waals surface area (Å²) in [5.41, 5.74) is 15.0. The van der Waals surface area contributed by atoms with E-state index in [2.05, 4.69) is 143 Å². The average Bonchev–Trinajstić information content (AvgIpc) is 3.24. The van der Waals surface area contributed by atoms with Crippen molar-refractivity contribution in [2.75, 3.05) is 22.9 Å². The summed E-state index contributed by atoms with van der Waals surface area (Å²) in [6.07, 6.45) is 15.1. The van der Waals surface area contributed by atoms with Gasteiger partial charge in [-0.15, -0.1) is 0 Å². The van der Waals surface area contributed by atoms with Gasteiger partial charge in [0.15, 0.2) is 0 Å². The second-order valence-electron chi connectivity index (χ2n) is 15.0. The maximum absolute atomic E-state index is 5.26. The van der Waals surface area contributed by atoms with E-state index >= 15 is 0 Å². The zero-order valence-electron chi connectivity index (χ0n) is 30.3. The summed E-state index contributed by atoms with van der Waals surface area (Å²) in [5, 5.41) is 7.22. The molecule has 0 fully saturated rings. The number of benzene rings is 6. The molecular weight excluding hydrogens is 657 g/mol. The van der Waals surface area contributed by atoms with Gasteiger partial charge in [-0.2, -0.15) is 0 Å². The fraction of sp³-hybridized carbons (Fsp3) is 0.160. The molecule has 4 heteroatoms. The van der Waals surface area contributed by atoms with E-state index in [1.165, 1.54) is 88.4 Å². The Morgan fingerprint density at radius 2 is 1.07 bits per heavy atom. The number of nitrogens with zero attached hydrogens (tertiary/aromatic N) is 4. The summed E-state index contributed by atoms with van der Waals surface area (Å²) in [6.45, 7) is 1.99. The van der Waals surface area contributed by atoms with Crippen LogP contribution in [-0.4, -0.2) is 23.1 Å². The third-order valence-corrected chi connectivity index (χ3v) is 12.0. The molecule has 0 radical (unpaired) electrons. The highest BCUT2D eigenvalue weighted by Crippen LogP contribution is 2.49. The molecule has 0 spiro atoms. The molecule has 3 aliphatic rings. The van der Waals surface area contributed by atoms with Crippen LogP contribution >= 0.6 is 0 Å². The van der Waals surface area contributed by atoms with E-state index in [0.717, 1.165) is 63.0 Å². The smallest absolute Gasteiger partial charge is 0.0792 e. The third-order valence-electron chi connectivity index (χ3n) is 12.0. The van der Waals surface area contributed by atoms with Crippen molar-refractivity contribution in [3.05, 3.63) is 162 Å². The largest absolute Gasteiger partial charge is 0.341 e. The maximum atomic E-state index is 5.26. The number of anilines is 4. The minimum absolute atomic E-state index is 0.979. The Labute approximate surface area is 316 Å². The fourth-order valence-electron chi connectivity index (χ4n) is 9.55. The van der Waals surface area contributed by atoms with E-state index in [1.54, 1.807) is 0 Å². The minimum Gasteiger partial charge on any atom is -0.341 e. The van der Waals surface area contributed by atoms with Crippen molar-refractivity contribution >= 4 is 61.1 Å². The number of pyridine rings is 2. The summed E-state index contributed by atoms with van der Waals surface area (Å²) < 4.78 is 0. The first-order valence-corrected chi connectivity index (χ1v) is 19.5. The van der Waals surface area contributed by atoms with E-state index in [4.69, 9.17) is 9.97 Å².